The first-order valence-electron chi connectivity index (χ1n) is 5.71. The van der Waals surface area contributed by atoms with Gasteiger partial charge in [0.15, 0.2) is 5.82 Å². The summed E-state index contributed by atoms with van der Waals surface area (Å²) in [6.45, 7) is 6.45. The zero-order valence-electron chi connectivity index (χ0n) is 10.0. The molecular weight excluding hydrogens is 198 g/mol. The van der Waals surface area contributed by atoms with E-state index >= 15 is 0 Å². The van der Waals surface area contributed by atoms with Crippen LogP contribution in [0, 0.1) is 0 Å². The molecule has 0 bridgehead atoms. The Morgan fingerprint density at radius 1 is 1.19 bits per heavy atom. The lowest BCUT2D eigenvalue weighted by atomic mass is 10.0. The van der Waals surface area contributed by atoms with E-state index in [0.29, 0.717) is 5.92 Å². The van der Waals surface area contributed by atoms with Gasteiger partial charge in [-0.3, -0.25) is 0 Å². The minimum atomic E-state index is 0.566. The van der Waals surface area contributed by atoms with E-state index in [1.54, 1.807) is 6.33 Å². The predicted molar refractivity (Wildman–Crippen MR) is 64.8 cm³/mol. The molecule has 0 saturated heterocycles. The second kappa shape index (κ2) is 4.47. The van der Waals surface area contributed by atoms with Crippen LogP contribution in [0.4, 0.5) is 0 Å². The van der Waals surface area contributed by atoms with Crippen LogP contribution in [-0.2, 0) is 6.42 Å². The SMILES string of the molecule is CCc1ncn(-c2ccc(C(C)C)cc2)n1. The molecule has 2 rings (SSSR count). The quantitative estimate of drug-likeness (QED) is 0.788. The van der Waals surface area contributed by atoms with Gasteiger partial charge < -0.3 is 0 Å². The summed E-state index contributed by atoms with van der Waals surface area (Å²) in [4.78, 5) is 4.22. The molecule has 0 aliphatic heterocycles. The Bertz CT molecular complexity index is 454. The van der Waals surface area contributed by atoms with Gasteiger partial charge in [-0.1, -0.05) is 32.9 Å². The highest BCUT2D eigenvalue weighted by molar-refractivity contribution is 5.34. The fourth-order valence-electron chi connectivity index (χ4n) is 1.60. The van der Waals surface area contributed by atoms with Crippen molar-refractivity contribution in [3.8, 4) is 5.69 Å². The summed E-state index contributed by atoms with van der Waals surface area (Å²) in [5.74, 6) is 1.45. The molecule has 0 amide bonds. The Morgan fingerprint density at radius 2 is 1.88 bits per heavy atom. The first-order chi connectivity index (χ1) is 7.70. The minimum Gasteiger partial charge on any atom is -0.221 e. The van der Waals surface area contributed by atoms with E-state index in [2.05, 4.69) is 55.1 Å². The van der Waals surface area contributed by atoms with E-state index in [4.69, 9.17) is 0 Å². The average molecular weight is 215 g/mol. The zero-order chi connectivity index (χ0) is 11.5. The van der Waals surface area contributed by atoms with Crippen LogP contribution in [0.3, 0.4) is 0 Å². The van der Waals surface area contributed by atoms with Crippen LogP contribution >= 0.6 is 0 Å². The normalized spacial score (nSPS) is 11.0. The van der Waals surface area contributed by atoms with Gasteiger partial charge in [0.25, 0.3) is 0 Å². The number of benzene rings is 1. The maximum atomic E-state index is 4.38. The molecule has 1 aromatic carbocycles. The third kappa shape index (κ3) is 2.13. The van der Waals surface area contributed by atoms with E-state index in [0.717, 1.165) is 17.9 Å². The third-order valence-electron chi connectivity index (χ3n) is 2.68. The van der Waals surface area contributed by atoms with Crippen LogP contribution in [0.25, 0.3) is 5.69 Å². The molecule has 0 fully saturated rings. The lowest BCUT2D eigenvalue weighted by Gasteiger charge is -2.06. The van der Waals surface area contributed by atoms with Crippen molar-refractivity contribution >= 4 is 0 Å². The van der Waals surface area contributed by atoms with E-state index in [1.807, 2.05) is 4.68 Å². The van der Waals surface area contributed by atoms with Crippen molar-refractivity contribution in [3.05, 3.63) is 42.0 Å². The predicted octanol–water partition coefficient (Wildman–Crippen LogP) is 2.95. The number of aryl methyl sites for hydroxylation is 1. The molecular formula is C13H17N3. The van der Waals surface area contributed by atoms with Crippen LogP contribution < -0.4 is 0 Å². The Morgan fingerprint density at radius 3 is 2.38 bits per heavy atom. The highest BCUT2D eigenvalue weighted by Gasteiger charge is 2.02. The van der Waals surface area contributed by atoms with Gasteiger partial charge in [0.2, 0.25) is 0 Å². The maximum Gasteiger partial charge on any atom is 0.150 e. The van der Waals surface area contributed by atoms with Crippen LogP contribution in [0.15, 0.2) is 30.6 Å². The smallest absolute Gasteiger partial charge is 0.150 e. The molecule has 0 atom stereocenters. The second-order valence-corrected chi connectivity index (χ2v) is 4.21. The largest absolute Gasteiger partial charge is 0.221 e. The molecule has 16 heavy (non-hydrogen) atoms. The number of rotatable bonds is 3. The van der Waals surface area contributed by atoms with Crippen LogP contribution in [-0.4, -0.2) is 14.8 Å². The summed E-state index contributed by atoms with van der Waals surface area (Å²) in [5, 5.41) is 4.38. The summed E-state index contributed by atoms with van der Waals surface area (Å²) in [5.41, 5.74) is 2.41. The number of hydrogen-bond acceptors (Lipinski definition) is 2. The monoisotopic (exact) mass is 215 g/mol. The number of nitrogens with zero attached hydrogens (tertiary/aromatic N) is 3. The van der Waals surface area contributed by atoms with Gasteiger partial charge in [0.1, 0.15) is 6.33 Å². The molecule has 3 heteroatoms. The van der Waals surface area contributed by atoms with Gasteiger partial charge in [-0.15, -0.1) is 0 Å². The molecule has 0 saturated carbocycles. The fraction of sp³-hybridized carbons (Fsp3) is 0.385. The van der Waals surface area contributed by atoms with Gasteiger partial charge >= 0.3 is 0 Å². The molecule has 1 heterocycles. The Hall–Kier alpha value is -1.64. The van der Waals surface area contributed by atoms with Gasteiger partial charge in [-0.05, 0) is 23.6 Å². The summed E-state index contributed by atoms with van der Waals surface area (Å²) in [6.07, 6.45) is 2.64. The van der Waals surface area contributed by atoms with Crippen molar-refractivity contribution in [2.75, 3.05) is 0 Å². The molecule has 3 nitrogen and oxygen atoms in total. The summed E-state index contributed by atoms with van der Waals surface area (Å²) in [7, 11) is 0. The van der Waals surface area contributed by atoms with Crippen molar-refractivity contribution in [2.45, 2.75) is 33.1 Å². The number of hydrogen-bond donors (Lipinski definition) is 0. The molecule has 0 radical (unpaired) electrons. The molecule has 0 N–H and O–H groups in total. The van der Waals surface area contributed by atoms with Gasteiger partial charge in [0, 0.05) is 6.42 Å². The Balaban J connectivity index is 2.27. The molecule has 2 aromatic rings. The van der Waals surface area contributed by atoms with Crippen LogP contribution in [0.1, 0.15) is 38.1 Å². The first-order valence-corrected chi connectivity index (χ1v) is 5.71. The van der Waals surface area contributed by atoms with Crippen molar-refractivity contribution in [2.24, 2.45) is 0 Å². The van der Waals surface area contributed by atoms with Gasteiger partial charge in [-0.25, -0.2) is 9.67 Å². The van der Waals surface area contributed by atoms with Crippen LogP contribution in [0.2, 0.25) is 0 Å². The lowest BCUT2D eigenvalue weighted by molar-refractivity contribution is 0.832. The van der Waals surface area contributed by atoms with Gasteiger partial charge in [-0.2, -0.15) is 5.10 Å². The highest BCUT2D eigenvalue weighted by Crippen LogP contribution is 2.16. The summed E-state index contributed by atoms with van der Waals surface area (Å²) >= 11 is 0. The van der Waals surface area contributed by atoms with Gasteiger partial charge in [0.05, 0.1) is 5.69 Å². The Labute approximate surface area is 96.1 Å². The van der Waals surface area contributed by atoms with Crippen molar-refractivity contribution in [1.82, 2.24) is 14.8 Å². The molecule has 1 aromatic heterocycles. The molecule has 0 aliphatic rings. The maximum absolute atomic E-state index is 4.38. The van der Waals surface area contributed by atoms with Crippen LogP contribution in [0.5, 0.6) is 0 Å². The van der Waals surface area contributed by atoms with Crippen molar-refractivity contribution < 1.29 is 0 Å². The van der Waals surface area contributed by atoms with E-state index in [-0.39, 0.29) is 0 Å². The average Bonchev–Trinajstić information content (AvgIpc) is 2.77. The molecule has 0 spiro atoms. The molecule has 84 valence electrons. The van der Waals surface area contributed by atoms with E-state index < -0.39 is 0 Å². The standard InChI is InChI=1S/C13H17N3/c1-4-13-14-9-16(15-13)12-7-5-11(6-8-12)10(2)3/h5-10H,4H2,1-3H3. The topological polar surface area (TPSA) is 30.7 Å². The first kappa shape index (κ1) is 10.9. The van der Waals surface area contributed by atoms with E-state index in [1.165, 1.54) is 5.56 Å². The second-order valence-electron chi connectivity index (χ2n) is 4.21. The number of aromatic nitrogens is 3. The summed E-state index contributed by atoms with van der Waals surface area (Å²) in [6, 6.07) is 8.47. The van der Waals surface area contributed by atoms with E-state index in [9.17, 15) is 0 Å². The third-order valence-corrected chi connectivity index (χ3v) is 2.68. The highest BCUT2D eigenvalue weighted by atomic mass is 15.3. The zero-order valence-corrected chi connectivity index (χ0v) is 10.0. The fourth-order valence-corrected chi connectivity index (χ4v) is 1.60. The Kier molecular flexibility index (Phi) is 3.04. The van der Waals surface area contributed by atoms with Crippen molar-refractivity contribution in [1.29, 1.82) is 0 Å². The molecule has 0 unspecified atom stereocenters. The minimum absolute atomic E-state index is 0.566. The summed E-state index contributed by atoms with van der Waals surface area (Å²) < 4.78 is 1.82. The lowest BCUT2D eigenvalue weighted by Crippen LogP contribution is -1.96. The van der Waals surface area contributed by atoms with Crippen molar-refractivity contribution in [3.63, 3.8) is 0 Å². The molecule has 0 aliphatic carbocycles.